The molecule has 2 rings (SSSR count). The third-order valence-electron chi connectivity index (χ3n) is 3.18. The van der Waals surface area contributed by atoms with Crippen molar-refractivity contribution in [3.8, 4) is 0 Å². The standard InChI is InChI=1S/C15H21N5/c1-4-13-18-14(9-15(19-13)20-16)17-11(3)12-7-5-10(2)6-8-12/h5-9,11H,4,16H2,1-3H3,(H2,17,18,19,20). The molecular weight excluding hydrogens is 250 g/mol. The molecule has 0 spiro atoms. The van der Waals surface area contributed by atoms with E-state index in [1.807, 2.05) is 13.0 Å². The summed E-state index contributed by atoms with van der Waals surface area (Å²) >= 11 is 0. The third kappa shape index (κ3) is 3.45. The van der Waals surface area contributed by atoms with Crippen LogP contribution in [0.5, 0.6) is 0 Å². The molecule has 1 aromatic heterocycles. The van der Waals surface area contributed by atoms with Crippen LogP contribution < -0.4 is 16.6 Å². The van der Waals surface area contributed by atoms with Crippen LogP contribution in [0.4, 0.5) is 11.6 Å². The Labute approximate surface area is 119 Å². The average Bonchev–Trinajstić information content (AvgIpc) is 2.47. The molecule has 0 radical (unpaired) electrons. The van der Waals surface area contributed by atoms with E-state index in [-0.39, 0.29) is 6.04 Å². The number of hydrogen-bond donors (Lipinski definition) is 3. The molecule has 0 fully saturated rings. The number of rotatable bonds is 5. The monoisotopic (exact) mass is 271 g/mol. The summed E-state index contributed by atoms with van der Waals surface area (Å²) in [6, 6.07) is 10.4. The van der Waals surface area contributed by atoms with E-state index < -0.39 is 0 Å². The molecule has 2 aromatic rings. The summed E-state index contributed by atoms with van der Waals surface area (Å²) in [5, 5.41) is 3.38. The molecule has 1 aromatic carbocycles. The Morgan fingerprint density at radius 2 is 1.80 bits per heavy atom. The van der Waals surface area contributed by atoms with Gasteiger partial charge in [0.1, 0.15) is 17.5 Å². The highest BCUT2D eigenvalue weighted by atomic mass is 15.3. The van der Waals surface area contributed by atoms with Crippen LogP contribution in [0.2, 0.25) is 0 Å². The predicted octanol–water partition coefficient (Wildman–Crippen LogP) is 2.81. The Hall–Kier alpha value is -2.14. The van der Waals surface area contributed by atoms with E-state index in [9.17, 15) is 0 Å². The molecule has 0 aliphatic carbocycles. The van der Waals surface area contributed by atoms with Gasteiger partial charge in [0, 0.05) is 18.5 Å². The van der Waals surface area contributed by atoms with Gasteiger partial charge >= 0.3 is 0 Å². The van der Waals surface area contributed by atoms with Gasteiger partial charge in [-0.15, -0.1) is 0 Å². The number of benzene rings is 1. The molecule has 20 heavy (non-hydrogen) atoms. The molecule has 0 amide bonds. The maximum Gasteiger partial charge on any atom is 0.145 e. The molecule has 0 saturated heterocycles. The molecule has 1 heterocycles. The van der Waals surface area contributed by atoms with Crippen LogP contribution in [0, 0.1) is 6.92 Å². The maximum atomic E-state index is 5.43. The van der Waals surface area contributed by atoms with Gasteiger partial charge in [0.25, 0.3) is 0 Å². The molecule has 0 bridgehead atoms. The number of hydrogen-bond acceptors (Lipinski definition) is 5. The smallest absolute Gasteiger partial charge is 0.145 e. The number of nitrogen functional groups attached to an aromatic ring is 1. The summed E-state index contributed by atoms with van der Waals surface area (Å²) in [6.45, 7) is 6.20. The number of aromatic nitrogens is 2. The van der Waals surface area contributed by atoms with Crippen LogP contribution in [-0.4, -0.2) is 9.97 Å². The van der Waals surface area contributed by atoms with Crippen molar-refractivity contribution in [3.63, 3.8) is 0 Å². The van der Waals surface area contributed by atoms with Gasteiger partial charge in [-0.25, -0.2) is 15.8 Å². The first-order valence-corrected chi connectivity index (χ1v) is 6.80. The molecule has 0 saturated carbocycles. The van der Waals surface area contributed by atoms with Crippen molar-refractivity contribution in [2.45, 2.75) is 33.2 Å². The zero-order valence-corrected chi connectivity index (χ0v) is 12.1. The van der Waals surface area contributed by atoms with Gasteiger partial charge in [-0.1, -0.05) is 36.8 Å². The maximum absolute atomic E-state index is 5.43. The molecule has 106 valence electrons. The van der Waals surface area contributed by atoms with Crippen molar-refractivity contribution in [1.29, 1.82) is 0 Å². The topological polar surface area (TPSA) is 75.9 Å². The molecule has 0 aliphatic heterocycles. The summed E-state index contributed by atoms with van der Waals surface area (Å²) in [5.74, 6) is 7.59. The van der Waals surface area contributed by atoms with Gasteiger partial charge < -0.3 is 10.7 Å². The van der Waals surface area contributed by atoms with Gasteiger partial charge in [-0.05, 0) is 19.4 Å². The van der Waals surface area contributed by atoms with Crippen molar-refractivity contribution in [2.24, 2.45) is 5.84 Å². The van der Waals surface area contributed by atoms with Crippen molar-refractivity contribution in [2.75, 3.05) is 10.7 Å². The van der Waals surface area contributed by atoms with Gasteiger partial charge in [0.05, 0.1) is 0 Å². The van der Waals surface area contributed by atoms with Gasteiger partial charge in [-0.3, -0.25) is 0 Å². The normalized spacial score (nSPS) is 12.0. The predicted molar refractivity (Wildman–Crippen MR) is 82.4 cm³/mol. The summed E-state index contributed by atoms with van der Waals surface area (Å²) in [4.78, 5) is 8.74. The number of aryl methyl sites for hydroxylation is 2. The fourth-order valence-electron chi connectivity index (χ4n) is 1.96. The van der Waals surface area contributed by atoms with Gasteiger partial charge in [0.2, 0.25) is 0 Å². The lowest BCUT2D eigenvalue weighted by Gasteiger charge is -2.16. The summed E-state index contributed by atoms with van der Waals surface area (Å²) in [6.07, 6.45) is 0.767. The summed E-state index contributed by atoms with van der Waals surface area (Å²) in [7, 11) is 0. The Morgan fingerprint density at radius 3 is 2.40 bits per heavy atom. The van der Waals surface area contributed by atoms with E-state index >= 15 is 0 Å². The number of nitrogens with two attached hydrogens (primary N) is 1. The van der Waals surface area contributed by atoms with Crippen LogP contribution in [0.1, 0.15) is 36.8 Å². The highest BCUT2D eigenvalue weighted by Gasteiger charge is 2.08. The van der Waals surface area contributed by atoms with Crippen LogP contribution >= 0.6 is 0 Å². The second-order valence-electron chi connectivity index (χ2n) is 4.83. The number of nitrogens with zero attached hydrogens (tertiary/aromatic N) is 2. The zero-order valence-electron chi connectivity index (χ0n) is 12.1. The average molecular weight is 271 g/mol. The second kappa shape index (κ2) is 6.34. The highest BCUT2D eigenvalue weighted by molar-refractivity contribution is 5.48. The third-order valence-corrected chi connectivity index (χ3v) is 3.18. The van der Waals surface area contributed by atoms with E-state index in [0.29, 0.717) is 5.82 Å². The first kappa shape index (κ1) is 14.3. The van der Waals surface area contributed by atoms with E-state index in [1.54, 1.807) is 0 Å². The lowest BCUT2D eigenvalue weighted by atomic mass is 10.1. The summed E-state index contributed by atoms with van der Waals surface area (Å²) in [5.41, 5.74) is 5.04. The molecule has 4 N–H and O–H groups in total. The minimum absolute atomic E-state index is 0.167. The van der Waals surface area contributed by atoms with E-state index in [4.69, 9.17) is 5.84 Å². The minimum atomic E-state index is 0.167. The van der Waals surface area contributed by atoms with Crippen molar-refractivity contribution in [3.05, 3.63) is 47.3 Å². The van der Waals surface area contributed by atoms with Crippen LogP contribution in [0.3, 0.4) is 0 Å². The fraction of sp³-hybridized carbons (Fsp3) is 0.333. The number of hydrazine groups is 1. The first-order valence-electron chi connectivity index (χ1n) is 6.80. The van der Waals surface area contributed by atoms with Crippen LogP contribution in [0.25, 0.3) is 0 Å². The van der Waals surface area contributed by atoms with Gasteiger partial charge in [0.15, 0.2) is 0 Å². The quantitative estimate of drug-likeness (QED) is 0.576. The first-order chi connectivity index (χ1) is 9.62. The number of nitrogens with one attached hydrogen (secondary N) is 2. The molecular formula is C15H21N5. The Kier molecular flexibility index (Phi) is 4.53. The summed E-state index contributed by atoms with van der Waals surface area (Å²) < 4.78 is 0. The molecule has 1 atom stereocenters. The SMILES string of the molecule is CCc1nc(NN)cc(NC(C)c2ccc(C)cc2)n1. The Morgan fingerprint density at radius 1 is 1.15 bits per heavy atom. The Balaban J connectivity index is 2.18. The lowest BCUT2D eigenvalue weighted by Crippen LogP contribution is -2.13. The van der Waals surface area contributed by atoms with Crippen LogP contribution in [0.15, 0.2) is 30.3 Å². The molecule has 5 heteroatoms. The largest absolute Gasteiger partial charge is 0.363 e. The molecule has 5 nitrogen and oxygen atoms in total. The van der Waals surface area contributed by atoms with E-state index in [1.165, 1.54) is 11.1 Å². The number of anilines is 2. The Bertz CT molecular complexity index is 543. The van der Waals surface area contributed by atoms with E-state index in [2.05, 4.69) is 58.8 Å². The highest BCUT2D eigenvalue weighted by Crippen LogP contribution is 2.20. The van der Waals surface area contributed by atoms with Crippen LogP contribution in [-0.2, 0) is 6.42 Å². The lowest BCUT2D eigenvalue weighted by molar-refractivity contribution is 0.856. The molecule has 0 aliphatic rings. The second-order valence-corrected chi connectivity index (χ2v) is 4.83. The minimum Gasteiger partial charge on any atom is -0.363 e. The zero-order chi connectivity index (χ0) is 14.5. The van der Waals surface area contributed by atoms with Crippen molar-refractivity contribution < 1.29 is 0 Å². The molecule has 1 unspecified atom stereocenters. The van der Waals surface area contributed by atoms with E-state index in [0.717, 1.165) is 18.1 Å². The van der Waals surface area contributed by atoms with Crippen molar-refractivity contribution >= 4 is 11.6 Å². The van der Waals surface area contributed by atoms with Crippen molar-refractivity contribution in [1.82, 2.24) is 9.97 Å². The van der Waals surface area contributed by atoms with Gasteiger partial charge in [-0.2, -0.15) is 0 Å². The fourth-order valence-corrected chi connectivity index (χ4v) is 1.96.